The van der Waals surface area contributed by atoms with Crippen LogP contribution in [0, 0.1) is 0 Å². The van der Waals surface area contributed by atoms with E-state index >= 15 is 0 Å². The highest BCUT2D eigenvalue weighted by atomic mass is 32.2. The van der Waals surface area contributed by atoms with E-state index in [1.807, 2.05) is 0 Å². The van der Waals surface area contributed by atoms with E-state index in [0.717, 1.165) is 24.7 Å². The number of carboxylic acids is 1. The van der Waals surface area contributed by atoms with E-state index in [4.69, 9.17) is 9.47 Å². The van der Waals surface area contributed by atoms with Crippen LogP contribution >= 0.6 is 0 Å². The molecule has 1 unspecified atom stereocenters. The Morgan fingerprint density at radius 1 is 1.08 bits per heavy atom. The van der Waals surface area contributed by atoms with Crippen LogP contribution in [0.5, 0.6) is 11.5 Å². The SMILES string of the molecule is CCCCc1nc2ccc(S(C)(=O)=O)cc2c(=O)n1Cc1ccc(OC(C(=O)O)c2ccccc2OC)cc1. The van der Waals surface area contributed by atoms with Crippen molar-refractivity contribution in [2.24, 2.45) is 0 Å². The van der Waals surface area contributed by atoms with Gasteiger partial charge in [0, 0.05) is 18.2 Å². The Labute approximate surface area is 226 Å². The Bertz CT molecular complexity index is 1660. The first kappa shape index (κ1) is 27.8. The summed E-state index contributed by atoms with van der Waals surface area (Å²) in [5, 5.41) is 10.0. The lowest BCUT2D eigenvalue weighted by atomic mass is 10.1. The molecule has 39 heavy (non-hydrogen) atoms. The molecule has 10 heteroatoms. The van der Waals surface area contributed by atoms with E-state index in [0.29, 0.717) is 34.8 Å². The predicted molar refractivity (Wildman–Crippen MR) is 147 cm³/mol. The molecule has 0 bridgehead atoms. The van der Waals surface area contributed by atoms with E-state index in [-0.39, 0.29) is 22.4 Å². The zero-order chi connectivity index (χ0) is 28.2. The highest BCUT2D eigenvalue weighted by Gasteiger charge is 2.25. The van der Waals surface area contributed by atoms with Gasteiger partial charge in [-0.2, -0.15) is 0 Å². The van der Waals surface area contributed by atoms with Gasteiger partial charge in [-0.3, -0.25) is 9.36 Å². The molecular formula is C29H30N2O7S. The molecule has 1 atom stereocenters. The lowest BCUT2D eigenvalue weighted by Gasteiger charge is -2.18. The molecule has 4 aromatic rings. The number of hydrogen-bond donors (Lipinski definition) is 1. The van der Waals surface area contributed by atoms with E-state index in [1.54, 1.807) is 59.2 Å². The molecule has 1 aromatic heterocycles. The summed E-state index contributed by atoms with van der Waals surface area (Å²) in [5.74, 6) is 0.198. The summed E-state index contributed by atoms with van der Waals surface area (Å²) in [4.78, 5) is 30.2. The summed E-state index contributed by atoms with van der Waals surface area (Å²) in [7, 11) is -2.03. The predicted octanol–water partition coefficient (Wildman–Crippen LogP) is 4.40. The number of rotatable bonds is 11. The van der Waals surface area contributed by atoms with E-state index < -0.39 is 21.9 Å². The summed E-state index contributed by atoms with van der Waals surface area (Å²) >= 11 is 0. The summed E-state index contributed by atoms with van der Waals surface area (Å²) in [6.45, 7) is 2.26. The van der Waals surface area contributed by atoms with Crippen molar-refractivity contribution in [1.29, 1.82) is 0 Å². The smallest absolute Gasteiger partial charge is 0.349 e. The van der Waals surface area contributed by atoms with Crippen molar-refractivity contribution < 1.29 is 27.8 Å². The molecule has 0 aliphatic carbocycles. The molecule has 0 amide bonds. The molecule has 0 radical (unpaired) electrons. The second kappa shape index (κ2) is 11.7. The maximum absolute atomic E-state index is 13.5. The average Bonchev–Trinajstić information content (AvgIpc) is 2.92. The second-order valence-corrected chi connectivity index (χ2v) is 11.2. The van der Waals surface area contributed by atoms with Gasteiger partial charge in [-0.25, -0.2) is 18.2 Å². The number of methoxy groups -OCH3 is 1. The van der Waals surface area contributed by atoms with Crippen LogP contribution in [-0.4, -0.2) is 42.4 Å². The van der Waals surface area contributed by atoms with Gasteiger partial charge in [-0.15, -0.1) is 0 Å². The van der Waals surface area contributed by atoms with Crippen LogP contribution in [0.2, 0.25) is 0 Å². The van der Waals surface area contributed by atoms with Gasteiger partial charge in [0.1, 0.15) is 17.3 Å². The van der Waals surface area contributed by atoms with Crippen LogP contribution in [0.15, 0.2) is 76.4 Å². The van der Waals surface area contributed by atoms with Crippen molar-refractivity contribution in [2.75, 3.05) is 13.4 Å². The minimum atomic E-state index is -3.49. The molecule has 204 valence electrons. The molecule has 4 rings (SSSR count). The quantitative estimate of drug-likeness (QED) is 0.291. The van der Waals surface area contributed by atoms with Gasteiger partial charge >= 0.3 is 5.97 Å². The van der Waals surface area contributed by atoms with Crippen LogP contribution in [0.1, 0.15) is 42.8 Å². The summed E-state index contributed by atoms with van der Waals surface area (Å²) < 4.78 is 36.8. The Balaban J connectivity index is 1.66. The molecule has 1 heterocycles. The largest absolute Gasteiger partial charge is 0.496 e. The minimum Gasteiger partial charge on any atom is -0.496 e. The highest BCUT2D eigenvalue weighted by Crippen LogP contribution is 2.29. The number of benzene rings is 3. The number of ether oxygens (including phenoxy) is 2. The Morgan fingerprint density at radius 2 is 1.79 bits per heavy atom. The van der Waals surface area contributed by atoms with Crippen LogP contribution in [0.3, 0.4) is 0 Å². The molecule has 0 spiro atoms. The number of unbranched alkanes of at least 4 members (excludes halogenated alkanes) is 1. The number of para-hydroxylation sites is 1. The number of nitrogens with zero attached hydrogens (tertiary/aromatic N) is 2. The van der Waals surface area contributed by atoms with Gasteiger partial charge in [0.25, 0.3) is 5.56 Å². The molecule has 0 aliphatic rings. The third-order valence-electron chi connectivity index (χ3n) is 6.35. The monoisotopic (exact) mass is 550 g/mol. The maximum Gasteiger partial charge on any atom is 0.349 e. The van der Waals surface area contributed by atoms with Gasteiger partial charge in [-0.1, -0.05) is 43.7 Å². The topological polar surface area (TPSA) is 125 Å². The first-order valence-electron chi connectivity index (χ1n) is 12.5. The van der Waals surface area contributed by atoms with Gasteiger partial charge in [0.15, 0.2) is 9.84 Å². The van der Waals surface area contributed by atoms with Crippen molar-refractivity contribution in [3.8, 4) is 11.5 Å². The van der Waals surface area contributed by atoms with Gasteiger partial charge in [-0.05, 0) is 48.4 Å². The Morgan fingerprint density at radius 3 is 2.44 bits per heavy atom. The number of fused-ring (bicyclic) bond motifs is 1. The molecule has 0 saturated carbocycles. The standard InChI is InChI=1S/C29H30N2O7S/c1-4-5-10-26-30-24-16-15-21(39(3,35)36)17-23(24)28(32)31(26)18-19-11-13-20(14-12-19)38-27(29(33)34)22-8-6-7-9-25(22)37-2/h6-9,11-17,27H,4-5,10,18H2,1-3H3,(H,33,34). The molecule has 0 fully saturated rings. The zero-order valence-corrected chi connectivity index (χ0v) is 22.8. The van der Waals surface area contributed by atoms with Crippen LogP contribution in [0.25, 0.3) is 10.9 Å². The molecule has 9 nitrogen and oxygen atoms in total. The summed E-state index contributed by atoms with van der Waals surface area (Å²) in [6, 6.07) is 18.0. The van der Waals surface area contributed by atoms with Crippen LogP contribution in [0.4, 0.5) is 0 Å². The van der Waals surface area contributed by atoms with E-state index in [2.05, 4.69) is 11.9 Å². The van der Waals surface area contributed by atoms with Gasteiger partial charge in [0.05, 0.1) is 29.5 Å². The first-order valence-corrected chi connectivity index (χ1v) is 14.4. The number of carboxylic acid groups (broad SMARTS) is 1. The number of aliphatic carboxylic acids is 1. The van der Waals surface area contributed by atoms with E-state index in [9.17, 15) is 23.1 Å². The Hall–Kier alpha value is -4.18. The molecule has 3 aromatic carbocycles. The fourth-order valence-electron chi connectivity index (χ4n) is 4.29. The van der Waals surface area contributed by atoms with Gasteiger partial charge in [0.2, 0.25) is 6.10 Å². The second-order valence-electron chi connectivity index (χ2n) is 9.20. The molecule has 1 N–H and O–H groups in total. The fourth-order valence-corrected chi connectivity index (χ4v) is 4.93. The minimum absolute atomic E-state index is 0.0614. The summed E-state index contributed by atoms with van der Waals surface area (Å²) in [5.41, 5.74) is 1.29. The lowest BCUT2D eigenvalue weighted by Crippen LogP contribution is -2.26. The van der Waals surface area contributed by atoms with Crippen molar-refractivity contribution in [3.05, 3.63) is 94.0 Å². The zero-order valence-electron chi connectivity index (χ0n) is 22.0. The van der Waals surface area contributed by atoms with Gasteiger partial charge < -0.3 is 14.6 Å². The number of sulfone groups is 1. The van der Waals surface area contributed by atoms with Crippen molar-refractivity contribution >= 4 is 26.7 Å². The fraction of sp³-hybridized carbons (Fsp3) is 0.276. The molecular weight excluding hydrogens is 520 g/mol. The third kappa shape index (κ3) is 6.28. The lowest BCUT2D eigenvalue weighted by molar-refractivity contribution is -0.145. The van der Waals surface area contributed by atoms with E-state index in [1.165, 1.54) is 19.2 Å². The molecule has 0 aliphatic heterocycles. The normalized spacial score (nSPS) is 12.3. The number of hydrogen-bond acceptors (Lipinski definition) is 7. The molecule has 0 saturated heterocycles. The van der Waals surface area contributed by atoms with Crippen LogP contribution < -0.4 is 15.0 Å². The maximum atomic E-state index is 13.5. The number of aryl methyl sites for hydroxylation is 1. The van der Waals surface area contributed by atoms with Crippen LogP contribution in [-0.2, 0) is 27.6 Å². The van der Waals surface area contributed by atoms with Crippen molar-refractivity contribution in [1.82, 2.24) is 9.55 Å². The highest BCUT2D eigenvalue weighted by molar-refractivity contribution is 7.90. The van der Waals surface area contributed by atoms with Crippen molar-refractivity contribution in [2.45, 2.75) is 43.7 Å². The van der Waals surface area contributed by atoms with Crippen molar-refractivity contribution in [3.63, 3.8) is 0 Å². The average molecular weight is 551 g/mol. The number of carbonyl (C=O) groups is 1. The number of aromatic nitrogens is 2. The third-order valence-corrected chi connectivity index (χ3v) is 7.46. The first-order chi connectivity index (χ1) is 18.6. The summed E-state index contributed by atoms with van der Waals surface area (Å²) in [6.07, 6.45) is 2.18. The Kier molecular flexibility index (Phi) is 8.35.